The molecule has 0 amide bonds. The lowest BCUT2D eigenvalue weighted by Gasteiger charge is -2.18. The van der Waals surface area contributed by atoms with E-state index in [1.54, 1.807) is 0 Å². The van der Waals surface area contributed by atoms with Gasteiger partial charge in [-0.2, -0.15) is 0 Å². The van der Waals surface area contributed by atoms with Gasteiger partial charge in [0.25, 0.3) is 0 Å². The Hall–Kier alpha value is -1.59. The Morgan fingerprint density at radius 2 is 0.550 bits per heavy atom. The molecule has 0 radical (unpaired) electrons. The molecule has 60 heavy (non-hydrogen) atoms. The van der Waals surface area contributed by atoms with Crippen LogP contribution in [0, 0.1) is 11.8 Å². The van der Waals surface area contributed by atoms with Crippen LogP contribution in [0.15, 0.2) is 0 Å². The Labute approximate surface area is 374 Å². The minimum Gasteiger partial charge on any atom is -0.462 e. The van der Waals surface area contributed by atoms with E-state index >= 15 is 0 Å². The van der Waals surface area contributed by atoms with Crippen molar-refractivity contribution in [3.8, 4) is 0 Å². The maximum absolute atomic E-state index is 12.8. The molecule has 0 aliphatic carbocycles. The van der Waals surface area contributed by atoms with E-state index < -0.39 is 6.10 Å². The lowest BCUT2D eigenvalue weighted by atomic mass is 10.0. The number of hydrogen-bond donors (Lipinski definition) is 0. The first-order valence-corrected chi connectivity index (χ1v) is 26.7. The maximum Gasteiger partial charge on any atom is 0.306 e. The number of esters is 3. The summed E-state index contributed by atoms with van der Waals surface area (Å²) < 4.78 is 16.8. The van der Waals surface area contributed by atoms with E-state index in [1.807, 2.05) is 0 Å². The van der Waals surface area contributed by atoms with E-state index in [0.29, 0.717) is 19.3 Å². The standard InChI is InChI=1S/C54H104O6/c1-6-7-8-9-27-34-39-44-52(55)58-47-51(60-54(57)46-41-36-31-26-22-18-14-13-16-20-24-29-33-38-43-50(4)5)48-59-53(56)45-40-35-30-25-21-17-12-10-11-15-19-23-28-32-37-42-49(2)3/h49-51H,6-48H2,1-5H3/t51-/m0/s1. The van der Waals surface area contributed by atoms with Gasteiger partial charge < -0.3 is 14.2 Å². The van der Waals surface area contributed by atoms with Crippen LogP contribution in [0.1, 0.15) is 298 Å². The van der Waals surface area contributed by atoms with Crippen molar-refractivity contribution in [1.29, 1.82) is 0 Å². The molecule has 6 nitrogen and oxygen atoms in total. The van der Waals surface area contributed by atoms with Crippen molar-refractivity contribution in [3.63, 3.8) is 0 Å². The van der Waals surface area contributed by atoms with Gasteiger partial charge in [0.15, 0.2) is 6.10 Å². The summed E-state index contributed by atoms with van der Waals surface area (Å²) in [6, 6.07) is 0. The van der Waals surface area contributed by atoms with Crippen molar-refractivity contribution < 1.29 is 28.6 Å². The van der Waals surface area contributed by atoms with Crippen LogP contribution in [-0.4, -0.2) is 37.2 Å². The fraction of sp³-hybridized carbons (Fsp3) is 0.944. The van der Waals surface area contributed by atoms with Crippen molar-refractivity contribution in [3.05, 3.63) is 0 Å². The van der Waals surface area contributed by atoms with Gasteiger partial charge in [0.05, 0.1) is 0 Å². The summed E-state index contributed by atoms with van der Waals surface area (Å²) in [4.78, 5) is 37.8. The van der Waals surface area contributed by atoms with E-state index in [0.717, 1.165) is 69.6 Å². The van der Waals surface area contributed by atoms with Crippen LogP contribution in [0.4, 0.5) is 0 Å². The average molecular weight is 849 g/mol. The zero-order valence-corrected chi connectivity index (χ0v) is 41.1. The quantitative estimate of drug-likeness (QED) is 0.0345. The first kappa shape index (κ1) is 58.4. The van der Waals surface area contributed by atoms with Gasteiger partial charge >= 0.3 is 17.9 Å². The van der Waals surface area contributed by atoms with E-state index in [-0.39, 0.29) is 31.1 Å². The van der Waals surface area contributed by atoms with Gasteiger partial charge in [-0.25, -0.2) is 0 Å². The molecule has 0 aromatic heterocycles. The molecule has 6 heteroatoms. The minimum absolute atomic E-state index is 0.0636. The summed E-state index contributed by atoms with van der Waals surface area (Å²) in [6.07, 6.45) is 48.2. The van der Waals surface area contributed by atoms with Crippen molar-refractivity contribution in [2.45, 2.75) is 304 Å². The van der Waals surface area contributed by atoms with Crippen LogP contribution in [-0.2, 0) is 28.6 Å². The van der Waals surface area contributed by atoms with Gasteiger partial charge in [0, 0.05) is 19.3 Å². The fourth-order valence-electron chi connectivity index (χ4n) is 8.17. The molecule has 0 unspecified atom stereocenters. The molecule has 1 atom stereocenters. The van der Waals surface area contributed by atoms with Crippen LogP contribution in [0.3, 0.4) is 0 Å². The van der Waals surface area contributed by atoms with Crippen LogP contribution < -0.4 is 0 Å². The summed E-state index contributed by atoms with van der Waals surface area (Å²) in [7, 11) is 0. The van der Waals surface area contributed by atoms with Crippen LogP contribution in [0.2, 0.25) is 0 Å². The van der Waals surface area contributed by atoms with Crippen molar-refractivity contribution in [2.24, 2.45) is 11.8 Å². The molecule has 0 saturated heterocycles. The molecule has 0 N–H and O–H groups in total. The molecule has 0 aromatic carbocycles. The first-order chi connectivity index (χ1) is 29.2. The topological polar surface area (TPSA) is 78.9 Å². The molecule has 0 heterocycles. The molecular formula is C54H104O6. The highest BCUT2D eigenvalue weighted by Crippen LogP contribution is 2.18. The van der Waals surface area contributed by atoms with Gasteiger partial charge in [0.2, 0.25) is 0 Å². The number of ether oxygens (including phenoxy) is 3. The average Bonchev–Trinajstić information content (AvgIpc) is 3.22. The van der Waals surface area contributed by atoms with Crippen LogP contribution >= 0.6 is 0 Å². The second-order valence-electron chi connectivity index (χ2n) is 19.5. The van der Waals surface area contributed by atoms with Gasteiger partial charge in [0.1, 0.15) is 13.2 Å². The molecule has 0 aromatic rings. The van der Waals surface area contributed by atoms with Gasteiger partial charge in [-0.15, -0.1) is 0 Å². The van der Waals surface area contributed by atoms with Crippen molar-refractivity contribution >= 4 is 17.9 Å². The second-order valence-corrected chi connectivity index (χ2v) is 19.5. The number of hydrogen-bond acceptors (Lipinski definition) is 6. The third-order valence-electron chi connectivity index (χ3n) is 12.2. The Morgan fingerprint density at radius 3 is 0.817 bits per heavy atom. The van der Waals surface area contributed by atoms with E-state index in [2.05, 4.69) is 34.6 Å². The van der Waals surface area contributed by atoms with Crippen molar-refractivity contribution in [2.75, 3.05) is 13.2 Å². The lowest BCUT2D eigenvalue weighted by Crippen LogP contribution is -2.30. The highest BCUT2D eigenvalue weighted by Gasteiger charge is 2.19. The third-order valence-corrected chi connectivity index (χ3v) is 12.2. The Bertz CT molecular complexity index is 916. The van der Waals surface area contributed by atoms with E-state index in [4.69, 9.17) is 14.2 Å². The van der Waals surface area contributed by atoms with Crippen LogP contribution in [0.25, 0.3) is 0 Å². The van der Waals surface area contributed by atoms with Crippen LogP contribution in [0.5, 0.6) is 0 Å². The highest BCUT2D eigenvalue weighted by molar-refractivity contribution is 5.71. The zero-order chi connectivity index (χ0) is 44.0. The molecule has 0 aliphatic heterocycles. The predicted molar refractivity (Wildman–Crippen MR) is 256 cm³/mol. The zero-order valence-electron chi connectivity index (χ0n) is 41.1. The summed E-state index contributed by atoms with van der Waals surface area (Å²) in [6.45, 7) is 11.4. The third kappa shape index (κ3) is 47.5. The smallest absolute Gasteiger partial charge is 0.306 e. The number of rotatable bonds is 48. The monoisotopic (exact) mass is 849 g/mol. The summed E-state index contributed by atoms with van der Waals surface area (Å²) in [5.74, 6) is 0.841. The first-order valence-electron chi connectivity index (χ1n) is 26.7. The van der Waals surface area contributed by atoms with Gasteiger partial charge in [-0.1, -0.05) is 259 Å². The summed E-state index contributed by atoms with van der Waals surface area (Å²) in [5.41, 5.74) is 0. The van der Waals surface area contributed by atoms with Gasteiger partial charge in [-0.05, 0) is 31.1 Å². The van der Waals surface area contributed by atoms with Crippen molar-refractivity contribution in [1.82, 2.24) is 0 Å². The molecule has 0 fully saturated rings. The summed E-state index contributed by atoms with van der Waals surface area (Å²) in [5, 5.41) is 0. The fourth-order valence-corrected chi connectivity index (χ4v) is 8.17. The normalized spacial score (nSPS) is 12.1. The molecule has 0 bridgehead atoms. The molecular weight excluding hydrogens is 745 g/mol. The Kier molecular flexibility index (Phi) is 45.7. The largest absolute Gasteiger partial charge is 0.462 e. The van der Waals surface area contributed by atoms with Gasteiger partial charge in [-0.3, -0.25) is 14.4 Å². The predicted octanol–water partition coefficient (Wildman–Crippen LogP) is 17.3. The highest BCUT2D eigenvalue weighted by atomic mass is 16.6. The molecule has 0 rings (SSSR count). The Balaban J connectivity index is 4.17. The number of carbonyl (C=O) groups excluding carboxylic acids is 3. The minimum atomic E-state index is -0.760. The number of carbonyl (C=O) groups is 3. The number of unbranched alkanes of at least 4 members (excludes halogenated alkanes) is 33. The van der Waals surface area contributed by atoms with E-state index in [9.17, 15) is 14.4 Å². The molecule has 0 aliphatic rings. The second kappa shape index (κ2) is 46.9. The molecule has 0 saturated carbocycles. The molecule has 356 valence electrons. The SMILES string of the molecule is CCCCCCCCCC(=O)OC[C@@H](COC(=O)CCCCCCCCCCCCCCCCCC(C)C)OC(=O)CCCCCCCCCCCCCCCCC(C)C. The maximum atomic E-state index is 12.8. The lowest BCUT2D eigenvalue weighted by molar-refractivity contribution is -0.167. The van der Waals surface area contributed by atoms with E-state index in [1.165, 1.54) is 186 Å². The Morgan fingerprint density at radius 1 is 0.317 bits per heavy atom. The molecule has 0 spiro atoms. The summed E-state index contributed by atoms with van der Waals surface area (Å²) >= 11 is 0.